The van der Waals surface area contributed by atoms with Gasteiger partial charge in [-0.15, -0.1) is 11.3 Å². The first kappa shape index (κ1) is 24.3. The van der Waals surface area contributed by atoms with Gasteiger partial charge in [0.25, 0.3) is 5.91 Å². The number of aromatic nitrogens is 1. The first-order chi connectivity index (χ1) is 16.5. The van der Waals surface area contributed by atoms with Gasteiger partial charge in [0.2, 0.25) is 0 Å². The summed E-state index contributed by atoms with van der Waals surface area (Å²) in [7, 11) is 0. The fourth-order valence-corrected chi connectivity index (χ4v) is 5.61. The van der Waals surface area contributed by atoms with Crippen LogP contribution in [0.25, 0.3) is 10.6 Å². The number of carbonyl (C=O) groups is 3. The highest BCUT2D eigenvalue weighted by molar-refractivity contribution is 7.15. The van der Waals surface area contributed by atoms with Crippen LogP contribution >= 0.6 is 11.3 Å². The molecule has 1 aliphatic heterocycles. The largest absolute Gasteiger partial charge is 0.481 e. The SMILES string of the molecule is CCCCOC(=O)C1NCCc2nc(-c3ccc(C(=O)NC4CCC(C(=O)O)CC4)cc3)sc21. The number of thiazole rings is 1. The number of ether oxygens (including phenoxy) is 1. The lowest BCUT2D eigenvalue weighted by Gasteiger charge is -2.26. The van der Waals surface area contributed by atoms with E-state index in [4.69, 9.17) is 14.8 Å². The van der Waals surface area contributed by atoms with Gasteiger partial charge in [-0.05, 0) is 44.2 Å². The molecule has 2 aromatic rings. The van der Waals surface area contributed by atoms with Gasteiger partial charge in [-0.3, -0.25) is 14.9 Å². The van der Waals surface area contributed by atoms with Crippen LogP contribution in [0.5, 0.6) is 0 Å². The number of fused-ring (bicyclic) bond motifs is 1. The maximum Gasteiger partial charge on any atom is 0.328 e. The Morgan fingerprint density at radius 1 is 1.18 bits per heavy atom. The van der Waals surface area contributed by atoms with Crippen molar-refractivity contribution in [2.75, 3.05) is 13.2 Å². The number of hydrogen-bond donors (Lipinski definition) is 3. The summed E-state index contributed by atoms with van der Waals surface area (Å²) in [5, 5.41) is 16.2. The van der Waals surface area contributed by atoms with Gasteiger partial charge in [0.15, 0.2) is 0 Å². The number of nitrogens with one attached hydrogen (secondary N) is 2. The zero-order valence-corrected chi connectivity index (χ0v) is 20.2. The Balaban J connectivity index is 1.39. The molecule has 9 heteroatoms. The van der Waals surface area contributed by atoms with Crippen molar-refractivity contribution < 1.29 is 24.2 Å². The van der Waals surface area contributed by atoms with E-state index in [1.807, 2.05) is 12.1 Å². The number of benzene rings is 1. The first-order valence-electron chi connectivity index (χ1n) is 12.0. The minimum atomic E-state index is -0.750. The lowest BCUT2D eigenvalue weighted by atomic mass is 9.86. The Labute approximate surface area is 203 Å². The molecule has 1 unspecified atom stereocenters. The number of carboxylic acid groups (broad SMARTS) is 1. The molecule has 0 radical (unpaired) electrons. The summed E-state index contributed by atoms with van der Waals surface area (Å²) >= 11 is 1.49. The number of nitrogens with zero attached hydrogens (tertiary/aromatic N) is 1. The number of aliphatic carboxylic acids is 1. The highest BCUT2D eigenvalue weighted by atomic mass is 32.1. The van der Waals surface area contributed by atoms with Crippen molar-refractivity contribution in [2.24, 2.45) is 5.92 Å². The lowest BCUT2D eigenvalue weighted by molar-refractivity contribution is -0.146. The molecule has 2 heterocycles. The maximum absolute atomic E-state index is 12.7. The number of carbonyl (C=O) groups excluding carboxylic acids is 2. The van der Waals surface area contributed by atoms with Crippen molar-refractivity contribution >= 4 is 29.2 Å². The molecule has 1 aromatic heterocycles. The Morgan fingerprint density at radius 2 is 1.91 bits per heavy atom. The van der Waals surface area contributed by atoms with Gasteiger partial charge in [0, 0.05) is 30.1 Å². The molecular formula is C25H31N3O5S. The molecule has 0 saturated heterocycles. The van der Waals surface area contributed by atoms with E-state index in [1.54, 1.807) is 12.1 Å². The minimum absolute atomic E-state index is 0.00924. The van der Waals surface area contributed by atoms with E-state index in [2.05, 4.69) is 17.6 Å². The molecule has 34 heavy (non-hydrogen) atoms. The molecule has 1 atom stereocenters. The summed E-state index contributed by atoms with van der Waals surface area (Å²) in [6.45, 7) is 3.16. The topological polar surface area (TPSA) is 118 Å². The molecule has 2 aliphatic rings. The maximum atomic E-state index is 12.7. The molecular weight excluding hydrogens is 454 g/mol. The van der Waals surface area contributed by atoms with Crippen LogP contribution in [0.3, 0.4) is 0 Å². The van der Waals surface area contributed by atoms with Crippen molar-refractivity contribution in [3.63, 3.8) is 0 Å². The minimum Gasteiger partial charge on any atom is -0.481 e. The van der Waals surface area contributed by atoms with Crippen LogP contribution in [-0.4, -0.2) is 47.1 Å². The number of amides is 1. The predicted molar refractivity (Wildman–Crippen MR) is 129 cm³/mol. The highest BCUT2D eigenvalue weighted by Gasteiger charge is 2.31. The zero-order valence-electron chi connectivity index (χ0n) is 19.3. The Morgan fingerprint density at radius 3 is 2.59 bits per heavy atom. The van der Waals surface area contributed by atoms with E-state index >= 15 is 0 Å². The Kier molecular flexibility index (Phi) is 7.95. The zero-order chi connectivity index (χ0) is 24.1. The van der Waals surface area contributed by atoms with Crippen LogP contribution in [-0.2, 0) is 20.7 Å². The standard InChI is InChI=1S/C25H31N3O5S/c1-2-3-14-33-25(32)20-21-19(12-13-26-20)28-23(34-21)16-6-4-15(5-7-16)22(29)27-18-10-8-17(9-11-18)24(30)31/h4-7,17-18,20,26H,2-3,8-14H2,1H3,(H,27,29)(H,30,31). The van der Waals surface area contributed by atoms with Crippen molar-refractivity contribution in [1.82, 2.24) is 15.6 Å². The van der Waals surface area contributed by atoms with Crippen LogP contribution in [0.2, 0.25) is 0 Å². The fraction of sp³-hybridized carbons (Fsp3) is 0.520. The second kappa shape index (κ2) is 11.1. The predicted octanol–water partition coefficient (Wildman–Crippen LogP) is 3.71. The summed E-state index contributed by atoms with van der Waals surface area (Å²) in [6.07, 6.45) is 5.13. The van der Waals surface area contributed by atoms with Crippen LogP contribution in [0, 0.1) is 5.92 Å². The normalized spacial score (nSPS) is 22.0. The molecule has 1 aromatic carbocycles. The highest BCUT2D eigenvalue weighted by Crippen LogP contribution is 2.35. The van der Waals surface area contributed by atoms with Crippen LogP contribution in [0.1, 0.15) is 72.4 Å². The Hall–Kier alpha value is -2.78. The summed E-state index contributed by atoms with van der Waals surface area (Å²) < 4.78 is 5.42. The fourth-order valence-electron chi connectivity index (χ4n) is 4.43. The molecule has 1 saturated carbocycles. The van der Waals surface area contributed by atoms with Crippen LogP contribution < -0.4 is 10.6 Å². The summed E-state index contributed by atoms with van der Waals surface area (Å²) in [4.78, 5) is 42.0. The molecule has 1 amide bonds. The summed E-state index contributed by atoms with van der Waals surface area (Å²) in [6, 6.07) is 6.85. The van der Waals surface area contributed by atoms with E-state index in [9.17, 15) is 14.4 Å². The summed E-state index contributed by atoms with van der Waals surface area (Å²) in [5.41, 5.74) is 2.38. The molecule has 3 N–H and O–H groups in total. The van der Waals surface area contributed by atoms with E-state index in [0.29, 0.717) is 44.4 Å². The molecule has 1 fully saturated rings. The second-order valence-electron chi connectivity index (χ2n) is 8.93. The third-order valence-corrected chi connectivity index (χ3v) is 7.70. The average molecular weight is 486 g/mol. The third-order valence-electron chi connectivity index (χ3n) is 6.48. The van der Waals surface area contributed by atoms with E-state index < -0.39 is 12.0 Å². The second-order valence-corrected chi connectivity index (χ2v) is 9.96. The van der Waals surface area contributed by atoms with Gasteiger partial charge in [-0.2, -0.15) is 0 Å². The lowest BCUT2D eigenvalue weighted by Crippen LogP contribution is -2.38. The van der Waals surface area contributed by atoms with Gasteiger partial charge in [0.05, 0.1) is 23.1 Å². The summed E-state index contributed by atoms with van der Waals surface area (Å²) in [5.74, 6) is -1.46. The Bertz CT molecular complexity index is 1030. The van der Waals surface area contributed by atoms with E-state index in [0.717, 1.165) is 40.4 Å². The molecule has 4 rings (SSSR count). The smallest absolute Gasteiger partial charge is 0.328 e. The van der Waals surface area contributed by atoms with Crippen molar-refractivity contribution in [3.05, 3.63) is 40.4 Å². The van der Waals surface area contributed by atoms with Crippen molar-refractivity contribution in [2.45, 2.75) is 64.0 Å². The van der Waals surface area contributed by atoms with E-state index in [-0.39, 0.29) is 23.8 Å². The van der Waals surface area contributed by atoms with Gasteiger partial charge in [-0.1, -0.05) is 25.5 Å². The third kappa shape index (κ3) is 5.64. The molecule has 182 valence electrons. The molecule has 0 spiro atoms. The van der Waals surface area contributed by atoms with Gasteiger partial charge < -0.3 is 15.2 Å². The average Bonchev–Trinajstić information content (AvgIpc) is 3.29. The quantitative estimate of drug-likeness (QED) is 0.385. The van der Waals surface area contributed by atoms with Crippen LogP contribution in [0.4, 0.5) is 0 Å². The molecule has 1 aliphatic carbocycles. The van der Waals surface area contributed by atoms with Gasteiger partial charge in [0.1, 0.15) is 11.0 Å². The monoisotopic (exact) mass is 485 g/mol. The van der Waals surface area contributed by atoms with Crippen molar-refractivity contribution in [3.8, 4) is 10.6 Å². The molecule has 8 nitrogen and oxygen atoms in total. The number of unbranched alkanes of at least 4 members (excludes halogenated alkanes) is 1. The number of rotatable bonds is 8. The first-order valence-corrected chi connectivity index (χ1v) is 12.8. The number of hydrogen-bond acceptors (Lipinski definition) is 7. The molecule has 0 bridgehead atoms. The van der Waals surface area contributed by atoms with Crippen LogP contribution in [0.15, 0.2) is 24.3 Å². The van der Waals surface area contributed by atoms with E-state index in [1.165, 1.54) is 11.3 Å². The van der Waals surface area contributed by atoms with Gasteiger partial charge >= 0.3 is 11.9 Å². The van der Waals surface area contributed by atoms with Gasteiger partial charge in [-0.25, -0.2) is 9.78 Å². The number of carboxylic acids is 1. The number of esters is 1. The van der Waals surface area contributed by atoms with Crippen molar-refractivity contribution in [1.29, 1.82) is 0 Å².